The van der Waals surface area contributed by atoms with Crippen LogP contribution in [0.25, 0.3) is 0 Å². The lowest BCUT2D eigenvalue weighted by Gasteiger charge is -2.24. The molecule has 0 radical (unpaired) electrons. The first-order valence-electron chi connectivity index (χ1n) is 5.14. The molecule has 0 saturated carbocycles. The molecule has 5 heteroatoms. The van der Waals surface area contributed by atoms with Crippen molar-refractivity contribution in [3.8, 4) is 0 Å². The van der Waals surface area contributed by atoms with Crippen LogP contribution in [0.4, 0.5) is 0 Å². The minimum absolute atomic E-state index is 0.228. The average Bonchev–Trinajstić information content (AvgIpc) is 2.61. The summed E-state index contributed by atoms with van der Waals surface area (Å²) in [5, 5.41) is 13.3. The summed E-state index contributed by atoms with van der Waals surface area (Å²) < 4.78 is 0.805. The molecular weight excluding hydrogens is 262 g/mol. The Labute approximate surface area is 110 Å². The molecule has 0 aromatic carbocycles. The minimum Gasteiger partial charge on any atom is -0.388 e. The molecule has 1 heterocycles. The predicted octanol–water partition coefficient (Wildman–Crippen LogP) is 3.17. The number of thioether (sulfide) groups is 1. The van der Waals surface area contributed by atoms with Gasteiger partial charge in [-0.2, -0.15) is 11.8 Å². The van der Waals surface area contributed by atoms with E-state index in [2.05, 4.69) is 12.2 Å². The first-order chi connectivity index (χ1) is 7.44. The topological polar surface area (TPSA) is 32.3 Å². The molecule has 2 atom stereocenters. The highest BCUT2D eigenvalue weighted by Crippen LogP contribution is 2.26. The Hall–Kier alpha value is 0.260. The third kappa shape index (κ3) is 4.63. The molecule has 2 N–H and O–H groups in total. The summed E-state index contributed by atoms with van der Waals surface area (Å²) in [5.74, 6) is 0.734. The number of nitrogens with one attached hydrogen (secondary N) is 1. The quantitative estimate of drug-likeness (QED) is 0.839. The van der Waals surface area contributed by atoms with Crippen LogP contribution in [0.3, 0.4) is 0 Å². The van der Waals surface area contributed by atoms with Gasteiger partial charge in [-0.25, -0.2) is 0 Å². The second-order valence-electron chi connectivity index (χ2n) is 4.17. The van der Waals surface area contributed by atoms with E-state index in [1.54, 1.807) is 23.1 Å². The number of halogens is 1. The monoisotopic (exact) mass is 279 g/mol. The van der Waals surface area contributed by atoms with Gasteiger partial charge in [0.1, 0.15) is 0 Å². The Balaban J connectivity index is 2.43. The molecular formula is C11H18ClNOS2. The third-order valence-electron chi connectivity index (χ3n) is 2.27. The molecule has 0 bridgehead atoms. The van der Waals surface area contributed by atoms with Gasteiger partial charge in [0.25, 0.3) is 0 Å². The van der Waals surface area contributed by atoms with Crippen molar-refractivity contribution in [2.24, 2.45) is 0 Å². The Morgan fingerprint density at radius 2 is 2.31 bits per heavy atom. The van der Waals surface area contributed by atoms with Gasteiger partial charge in [0.2, 0.25) is 0 Å². The van der Waals surface area contributed by atoms with Crippen molar-refractivity contribution in [1.29, 1.82) is 0 Å². The van der Waals surface area contributed by atoms with Crippen molar-refractivity contribution < 1.29 is 5.11 Å². The normalized spacial score (nSPS) is 17.1. The average molecular weight is 280 g/mol. The summed E-state index contributed by atoms with van der Waals surface area (Å²) in [4.78, 5) is 1.20. The minimum atomic E-state index is -0.658. The van der Waals surface area contributed by atoms with Gasteiger partial charge < -0.3 is 10.4 Å². The van der Waals surface area contributed by atoms with Gasteiger partial charge in [-0.1, -0.05) is 11.6 Å². The predicted molar refractivity (Wildman–Crippen MR) is 74.8 cm³/mol. The highest BCUT2D eigenvalue weighted by atomic mass is 35.5. The van der Waals surface area contributed by atoms with E-state index >= 15 is 0 Å². The summed E-state index contributed by atoms with van der Waals surface area (Å²) in [6, 6.07) is 4.15. The Morgan fingerprint density at radius 3 is 2.81 bits per heavy atom. The maximum Gasteiger partial charge on any atom is 0.0931 e. The van der Waals surface area contributed by atoms with Crippen molar-refractivity contribution in [1.82, 2.24) is 5.32 Å². The standard InChI is InChI=1S/C11H18ClNOS2/c1-8(9-4-5-10(12)16-9)13-6-11(2,14)7-15-3/h4-5,8,13-14H,6-7H2,1-3H3. The second kappa shape index (κ2) is 6.26. The van der Waals surface area contributed by atoms with E-state index in [0.717, 1.165) is 10.1 Å². The van der Waals surface area contributed by atoms with E-state index in [1.165, 1.54) is 4.88 Å². The summed E-state index contributed by atoms with van der Waals surface area (Å²) in [6.07, 6.45) is 2.00. The van der Waals surface area contributed by atoms with Crippen LogP contribution in [-0.2, 0) is 0 Å². The van der Waals surface area contributed by atoms with E-state index in [1.807, 2.05) is 25.3 Å². The van der Waals surface area contributed by atoms with Crippen LogP contribution in [0.1, 0.15) is 24.8 Å². The van der Waals surface area contributed by atoms with E-state index in [-0.39, 0.29) is 6.04 Å². The van der Waals surface area contributed by atoms with Gasteiger partial charge in [-0.05, 0) is 32.2 Å². The molecule has 2 nitrogen and oxygen atoms in total. The maximum atomic E-state index is 10.0. The fourth-order valence-corrected chi connectivity index (χ4v) is 3.21. The molecule has 0 aliphatic carbocycles. The van der Waals surface area contributed by atoms with Crippen LogP contribution >= 0.6 is 34.7 Å². The van der Waals surface area contributed by atoms with E-state index in [0.29, 0.717) is 6.54 Å². The molecule has 0 aliphatic rings. The molecule has 1 aromatic heterocycles. The Morgan fingerprint density at radius 1 is 1.62 bits per heavy atom. The smallest absolute Gasteiger partial charge is 0.0931 e. The SMILES string of the molecule is CSCC(C)(O)CNC(C)c1ccc(Cl)s1. The maximum absolute atomic E-state index is 10.0. The number of hydrogen-bond acceptors (Lipinski definition) is 4. The lowest BCUT2D eigenvalue weighted by Crippen LogP contribution is -2.40. The third-order valence-corrected chi connectivity index (χ3v) is 4.59. The number of hydrogen-bond donors (Lipinski definition) is 2. The molecule has 0 spiro atoms. The van der Waals surface area contributed by atoms with Gasteiger partial charge in [0.15, 0.2) is 0 Å². The molecule has 0 fully saturated rings. The van der Waals surface area contributed by atoms with Crippen molar-refractivity contribution in [2.75, 3.05) is 18.6 Å². The molecule has 0 amide bonds. The van der Waals surface area contributed by atoms with Crippen molar-refractivity contribution in [3.63, 3.8) is 0 Å². The lowest BCUT2D eigenvalue weighted by atomic mass is 10.1. The van der Waals surface area contributed by atoms with E-state index in [4.69, 9.17) is 11.6 Å². The van der Waals surface area contributed by atoms with Crippen molar-refractivity contribution in [3.05, 3.63) is 21.3 Å². The van der Waals surface area contributed by atoms with E-state index in [9.17, 15) is 5.11 Å². The Kier molecular flexibility index (Phi) is 5.61. The highest BCUT2D eigenvalue weighted by molar-refractivity contribution is 7.98. The van der Waals surface area contributed by atoms with Gasteiger partial charge >= 0.3 is 0 Å². The second-order valence-corrected chi connectivity index (χ2v) is 6.79. The van der Waals surface area contributed by atoms with Gasteiger partial charge in [-0.3, -0.25) is 0 Å². The summed E-state index contributed by atoms with van der Waals surface area (Å²) >= 11 is 9.11. The van der Waals surface area contributed by atoms with Crippen LogP contribution in [0, 0.1) is 0 Å². The first-order valence-corrected chi connectivity index (χ1v) is 7.73. The summed E-state index contributed by atoms with van der Waals surface area (Å²) in [5.41, 5.74) is -0.658. The number of rotatable bonds is 6. The lowest BCUT2D eigenvalue weighted by molar-refractivity contribution is 0.0822. The number of thiophene rings is 1. The first kappa shape index (κ1) is 14.3. The van der Waals surface area contributed by atoms with Crippen LogP contribution in [0.15, 0.2) is 12.1 Å². The van der Waals surface area contributed by atoms with E-state index < -0.39 is 5.60 Å². The molecule has 2 unspecified atom stereocenters. The fourth-order valence-electron chi connectivity index (χ4n) is 1.40. The van der Waals surface area contributed by atoms with Gasteiger partial charge in [0, 0.05) is 23.2 Å². The Bertz CT molecular complexity index is 328. The molecule has 1 aromatic rings. The molecule has 16 heavy (non-hydrogen) atoms. The molecule has 0 aliphatic heterocycles. The zero-order valence-corrected chi connectivity index (χ0v) is 12.2. The molecule has 1 rings (SSSR count). The van der Waals surface area contributed by atoms with Gasteiger partial charge in [0.05, 0.1) is 9.94 Å². The summed E-state index contributed by atoms with van der Waals surface area (Å²) in [6.45, 7) is 4.52. The van der Waals surface area contributed by atoms with Crippen LogP contribution in [-0.4, -0.2) is 29.3 Å². The van der Waals surface area contributed by atoms with Crippen molar-refractivity contribution in [2.45, 2.75) is 25.5 Å². The molecule has 92 valence electrons. The van der Waals surface area contributed by atoms with Crippen molar-refractivity contribution >= 4 is 34.7 Å². The largest absolute Gasteiger partial charge is 0.388 e. The fraction of sp³-hybridized carbons (Fsp3) is 0.636. The zero-order chi connectivity index (χ0) is 12.2. The van der Waals surface area contributed by atoms with Crippen LogP contribution in [0.2, 0.25) is 4.34 Å². The number of aliphatic hydroxyl groups is 1. The highest BCUT2D eigenvalue weighted by Gasteiger charge is 2.20. The van der Waals surface area contributed by atoms with Crippen LogP contribution in [0.5, 0.6) is 0 Å². The van der Waals surface area contributed by atoms with Crippen LogP contribution < -0.4 is 5.32 Å². The zero-order valence-electron chi connectivity index (χ0n) is 9.79. The van der Waals surface area contributed by atoms with Gasteiger partial charge in [-0.15, -0.1) is 11.3 Å². The molecule has 0 saturated heterocycles. The summed E-state index contributed by atoms with van der Waals surface area (Å²) in [7, 11) is 0.